The van der Waals surface area contributed by atoms with Crippen LogP contribution in [0.15, 0.2) is 0 Å². The maximum Gasteiger partial charge on any atom is 0.382 e. The molecular weight excluding hydrogens is 354 g/mol. The molecule has 2 saturated heterocycles. The van der Waals surface area contributed by atoms with Gasteiger partial charge in [0, 0.05) is 0 Å². The van der Waals surface area contributed by atoms with Crippen molar-refractivity contribution in [1.29, 1.82) is 0 Å². The number of nitrogens with zero attached hydrogens (tertiary/aromatic N) is 1. The van der Waals surface area contributed by atoms with Crippen LogP contribution in [0.25, 0.3) is 0 Å². The molecule has 0 spiro atoms. The molecule has 2 rings (SSSR count). The van der Waals surface area contributed by atoms with Crippen LogP contribution in [0.2, 0.25) is 0 Å². The Hall–Kier alpha value is -1.04. The number of hydrogen-bond acceptors (Lipinski definition) is 13. The van der Waals surface area contributed by atoms with Crippen molar-refractivity contribution in [3.8, 4) is 0 Å². The van der Waals surface area contributed by atoms with Crippen LogP contribution in [-0.2, 0) is 14.2 Å². The van der Waals surface area contributed by atoms with Crippen LogP contribution in [0.1, 0.15) is 0 Å². The van der Waals surface area contributed by atoms with Crippen LogP contribution >= 0.6 is 0 Å². The molecule has 25 heavy (non-hydrogen) atoms. The Bertz CT molecular complexity index is 493. The van der Waals surface area contributed by atoms with Crippen molar-refractivity contribution in [2.75, 3.05) is 6.61 Å². The van der Waals surface area contributed by atoms with Crippen molar-refractivity contribution in [3.05, 3.63) is 10.1 Å². The third kappa shape index (κ3) is 3.34. The highest BCUT2D eigenvalue weighted by molar-refractivity contribution is 4.97. The Morgan fingerprint density at radius 3 is 2.12 bits per heavy atom. The number of ether oxygens (including phenoxy) is 3. The zero-order valence-corrected chi connectivity index (χ0v) is 12.5. The molecule has 0 aromatic heterocycles. The Labute approximate surface area is 139 Å². The Morgan fingerprint density at radius 2 is 1.60 bits per heavy atom. The van der Waals surface area contributed by atoms with E-state index in [1.54, 1.807) is 0 Å². The summed E-state index contributed by atoms with van der Waals surface area (Å²) in [6, 6.07) is 0. The van der Waals surface area contributed by atoms with Crippen molar-refractivity contribution in [2.24, 2.45) is 0 Å². The molecule has 8 N–H and O–H groups in total. The molecular formula is C11H19NO13. The smallest absolute Gasteiger partial charge is 0.382 e. The summed E-state index contributed by atoms with van der Waals surface area (Å²) < 4.78 is 14.4. The normalized spacial score (nSPS) is 51.3. The molecule has 0 radical (unpaired) electrons. The van der Waals surface area contributed by atoms with E-state index in [2.05, 4.69) is 4.74 Å². The first-order valence-corrected chi connectivity index (χ1v) is 7.08. The van der Waals surface area contributed by atoms with E-state index < -0.39 is 72.7 Å². The zero-order valence-electron chi connectivity index (χ0n) is 12.5. The molecule has 0 saturated carbocycles. The summed E-state index contributed by atoms with van der Waals surface area (Å²) in [5.41, 5.74) is -3.39. The molecule has 2 heterocycles. The van der Waals surface area contributed by atoms with Gasteiger partial charge in [0.1, 0.15) is 24.4 Å². The summed E-state index contributed by atoms with van der Waals surface area (Å²) in [5.74, 6) is 0. The van der Waals surface area contributed by atoms with Crippen molar-refractivity contribution < 1.29 is 60.0 Å². The SMILES string of the molecule is O=[N+]([O-])[C@]1(O)[C@@H](O)[C@H](O)O[C@H](CO)[C@@H]1O[C@@H]1O[C@H](O)[C@@H](O)[C@H](O)[C@H]1O. The van der Waals surface area contributed by atoms with Crippen LogP contribution < -0.4 is 0 Å². The highest BCUT2D eigenvalue weighted by Crippen LogP contribution is 2.34. The third-order valence-electron chi connectivity index (χ3n) is 4.07. The van der Waals surface area contributed by atoms with Crippen LogP contribution in [0.4, 0.5) is 0 Å². The van der Waals surface area contributed by atoms with E-state index in [-0.39, 0.29) is 0 Å². The summed E-state index contributed by atoms with van der Waals surface area (Å²) >= 11 is 0. The second kappa shape index (κ2) is 7.29. The van der Waals surface area contributed by atoms with Gasteiger partial charge in [-0.05, 0) is 0 Å². The molecule has 2 aliphatic rings. The fourth-order valence-electron chi connectivity index (χ4n) is 2.60. The fraction of sp³-hybridized carbons (Fsp3) is 1.00. The molecule has 10 atom stereocenters. The van der Waals surface area contributed by atoms with E-state index >= 15 is 0 Å². The largest absolute Gasteiger partial charge is 0.394 e. The van der Waals surface area contributed by atoms with Gasteiger partial charge in [-0.2, -0.15) is 0 Å². The number of rotatable bonds is 4. The topological polar surface area (TPSA) is 233 Å². The Morgan fingerprint density at radius 1 is 1.00 bits per heavy atom. The van der Waals surface area contributed by atoms with Crippen molar-refractivity contribution in [2.45, 2.75) is 61.2 Å². The highest BCUT2D eigenvalue weighted by atomic mass is 16.8. The van der Waals surface area contributed by atoms with E-state index in [4.69, 9.17) is 9.47 Å². The first kappa shape index (κ1) is 20.3. The molecule has 14 heteroatoms. The summed E-state index contributed by atoms with van der Waals surface area (Å²) in [7, 11) is 0. The average molecular weight is 373 g/mol. The van der Waals surface area contributed by atoms with E-state index in [0.29, 0.717) is 0 Å². The van der Waals surface area contributed by atoms with Crippen molar-refractivity contribution in [3.63, 3.8) is 0 Å². The van der Waals surface area contributed by atoms with E-state index in [1.165, 1.54) is 0 Å². The average Bonchev–Trinajstić information content (AvgIpc) is 2.57. The molecule has 0 amide bonds. The van der Waals surface area contributed by atoms with Gasteiger partial charge in [-0.25, -0.2) is 0 Å². The molecule has 0 aromatic carbocycles. The van der Waals surface area contributed by atoms with Crippen molar-refractivity contribution in [1.82, 2.24) is 0 Å². The second-order valence-corrected chi connectivity index (χ2v) is 5.66. The summed E-state index contributed by atoms with van der Waals surface area (Å²) in [5, 5.41) is 88.1. The number of hydrogen-bond donors (Lipinski definition) is 8. The first-order valence-electron chi connectivity index (χ1n) is 7.08. The number of aliphatic hydroxyl groups excluding tert-OH is 7. The van der Waals surface area contributed by atoms with E-state index in [0.717, 1.165) is 0 Å². The quantitative estimate of drug-likeness (QED) is 0.130. The fourth-order valence-corrected chi connectivity index (χ4v) is 2.60. The molecule has 0 bridgehead atoms. The molecule has 146 valence electrons. The predicted molar refractivity (Wildman–Crippen MR) is 69.7 cm³/mol. The van der Waals surface area contributed by atoms with Gasteiger partial charge in [-0.1, -0.05) is 0 Å². The Balaban J connectivity index is 2.31. The lowest BCUT2D eigenvalue weighted by atomic mass is 9.92. The van der Waals surface area contributed by atoms with Gasteiger partial charge in [0.05, 0.1) is 11.5 Å². The molecule has 2 aliphatic heterocycles. The number of nitro groups is 1. The lowest BCUT2D eigenvalue weighted by molar-refractivity contribution is -0.670. The van der Waals surface area contributed by atoms with Crippen LogP contribution in [0.5, 0.6) is 0 Å². The Kier molecular flexibility index (Phi) is 5.92. The monoisotopic (exact) mass is 373 g/mol. The highest BCUT2D eigenvalue weighted by Gasteiger charge is 2.67. The maximum absolute atomic E-state index is 11.2. The molecule has 0 aliphatic carbocycles. The van der Waals surface area contributed by atoms with E-state index in [9.17, 15) is 51.0 Å². The zero-order chi connectivity index (χ0) is 19.1. The summed E-state index contributed by atoms with van der Waals surface area (Å²) in [4.78, 5) is 9.84. The van der Waals surface area contributed by atoms with Gasteiger partial charge in [-0.15, -0.1) is 0 Å². The van der Waals surface area contributed by atoms with Gasteiger partial charge in [0.15, 0.2) is 25.0 Å². The lowest BCUT2D eigenvalue weighted by Gasteiger charge is -2.45. The molecule has 0 aromatic rings. The molecule has 2 fully saturated rings. The minimum Gasteiger partial charge on any atom is -0.394 e. The van der Waals surface area contributed by atoms with Gasteiger partial charge in [0.25, 0.3) is 0 Å². The molecule has 0 unspecified atom stereocenters. The first-order chi connectivity index (χ1) is 11.5. The van der Waals surface area contributed by atoms with Crippen molar-refractivity contribution >= 4 is 0 Å². The summed E-state index contributed by atoms with van der Waals surface area (Å²) in [6.45, 7) is -1.01. The predicted octanol–water partition coefficient (Wildman–Crippen LogP) is -5.84. The summed E-state index contributed by atoms with van der Waals surface area (Å²) in [6.07, 6.45) is -18.6. The van der Waals surface area contributed by atoms with Gasteiger partial charge < -0.3 is 55.1 Å². The standard InChI is InChI=1S/C11H19NO13/c13-1-2-7(11(20,12(21)22)6(17)9(19)23-2)24-10-5(16)3(14)4(15)8(18)25-10/h2-10,13-20H,1H2/t2-,3+,4+,5-,6+,7+,8+,9-,10-,11+/m1/s1. The third-order valence-corrected chi connectivity index (χ3v) is 4.07. The van der Waals surface area contributed by atoms with Crippen LogP contribution in [0, 0.1) is 10.1 Å². The minimum absolute atomic E-state index is 1.01. The minimum atomic E-state index is -3.39. The van der Waals surface area contributed by atoms with Crippen LogP contribution in [0.3, 0.4) is 0 Å². The van der Waals surface area contributed by atoms with Gasteiger partial charge >= 0.3 is 5.72 Å². The van der Waals surface area contributed by atoms with Gasteiger partial charge in [-0.3, -0.25) is 10.1 Å². The lowest BCUT2D eigenvalue weighted by Crippen LogP contribution is -2.72. The maximum atomic E-state index is 11.2. The molecule has 14 nitrogen and oxygen atoms in total. The second-order valence-electron chi connectivity index (χ2n) is 5.66. The number of aliphatic hydroxyl groups is 8. The van der Waals surface area contributed by atoms with Gasteiger partial charge in [0.2, 0.25) is 6.10 Å². The van der Waals surface area contributed by atoms with Crippen LogP contribution in [-0.4, -0.2) is 114 Å². The van der Waals surface area contributed by atoms with E-state index in [1.807, 2.05) is 0 Å².